The van der Waals surface area contributed by atoms with Crippen molar-refractivity contribution in [2.75, 3.05) is 26.2 Å². The standard InChI is InChI=1S/C18H25F3N2O2/c19-18(20,21)15-4-2-1-3-13(15)11-22-8-7-16(17(25)12-22)23-9-5-14(24)6-10-23/h1-4,14,16-17,24-25H,5-12H2/t16-,17-/m1/s1. The van der Waals surface area contributed by atoms with Gasteiger partial charge in [-0.05, 0) is 30.9 Å². The number of alkyl halides is 3. The Kier molecular flexibility index (Phi) is 5.68. The van der Waals surface area contributed by atoms with Crippen molar-refractivity contribution in [2.45, 2.75) is 50.2 Å². The van der Waals surface area contributed by atoms with Crippen molar-refractivity contribution >= 4 is 0 Å². The predicted octanol–water partition coefficient (Wildman–Crippen LogP) is 2.10. The van der Waals surface area contributed by atoms with Gasteiger partial charge in [-0.25, -0.2) is 0 Å². The summed E-state index contributed by atoms with van der Waals surface area (Å²) in [5.74, 6) is 0. The van der Waals surface area contributed by atoms with Gasteiger partial charge < -0.3 is 10.2 Å². The SMILES string of the molecule is OC1CCN([C@@H]2CCN(Cc3ccccc3C(F)(F)F)C[C@H]2O)CC1. The highest BCUT2D eigenvalue weighted by molar-refractivity contribution is 5.29. The quantitative estimate of drug-likeness (QED) is 0.869. The van der Waals surface area contributed by atoms with Gasteiger partial charge in [0.05, 0.1) is 17.8 Å². The fourth-order valence-electron chi connectivity index (χ4n) is 3.95. The summed E-state index contributed by atoms with van der Waals surface area (Å²) in [5.41, 5.74) is -0.349. The van der Waals surface area contributed by atoms with Crippen molar-refractivity contribution in [1.29, 1.82) is 0 Å². The molecule has 0 aromatic heterocycles. The molecule has 0 unspecified atom stereocenters. The van der Waals surface area contributed by atoms with Crippen molar-refractivity contribution in [3.63, 3.8) is 0 Å². The van der Waals surface area contributed by atoms with E-state index in [2.05, 4.69) is 4.90 Å². The van der Waals surface area contributed by atoms with E-state index in [0.717, 1.165) is 25.6 Å². The van der Waals surface area contributed by atoms with Crippen LogP contribution in [0.3, 0.4) is 0 Å². The molecule has 2 N–H and O–H groups in total. The normalized spacial score (nSPS) is 27.6. The van der Waals surface area contributed by atoms with Crippen LogP contribution < -0.4 is 0 Å². The molecule has 2 aliphatic rings. The highest BCUT2D eigenvalue weighted by Crippen LogP contribution is 2.33. The third-order valence-corrected chi connectivity index (χ3v) is 5.32. The van der Waals surface area contributed by atoms with Crippen molar-refractivity contribution < 1.29 is 23.4 Å². The van der Waals surface area contributed by atoms with Crippen LogP contribution in [0.1, 0.15) is 30.4 Å². The van der Waals surface area contributed by atoms with E-state index >= 15 is 0 Å². The van der Waals surface area contributed by atoms with Crippen molar-refractivity contribution in [2.24, 2.45) is 0 Å². The van der Waals surface area contributed by atoms with Gasteiger partial charge in [0, 0.05) is 38.8 Å². The minimum atomic E-state index is -4.36. The van der Waals surface area contributed by atoms with E-state index in [4.69, 9.17) is 0 Å². The number of rotatable bonds is 3. The largest absolute Gasteiger partial charge is 0.416 e. The summed E-state index contributed by atoms with van der Waals surface area (Å²) in [5, 5.41) is 20.1. The van der Waals surface area contributed by atoms with Crippen LogP contribution in [0.15, 0.2) is 24.3 Å². The Hall–Kier alpha value is -1.15. The first-order valence-electron chi connectivity index (χ1n) is 8.82. The smallest absolute Gasteiger partial charge is 0.393 e. The third kappa shape index (κ3) is 4.53. The van der Waals surface area contributed by atoms with Gasteiger partial charge in [-0.3, -0.25) is 9.80 Å². The first kappa shape index (κ1) is 18.6. The zero-order chi connectivity index (χ0) is 18.0. The topological polar surface area (TPSA) is 46.9 Å². The van der Waals surface area contributed by atoms with Crippen molar-refractivity contribution in [3.05, 3.63) is 35.4 Å². The van der Waals surface area contributed by atoms with Crippen LogP contribution in [-0.2, 0) is 12.7 Å². The number of likely N-dealkylation sites (tertiary alicyclic amines) is 2. The zero-order valence-electron chi connectivity index (χ0n) is 14.1. The number of hydrogen-bond donors (Lipinski definition) is 2. The van der Waals surface area contributed by atoms with Gasteiger partial charge in [0.1, 0.15) is 0 Å². The number of benzene rings is 1. The third-order valence-electron chi connectivity index (χ3n) is 5.32. The molecule has 0 bridgehead atoms. The molecule has 0 saturated carbocycles. The number of nitrogens with zero attached hydrogens (tertiary/aromatic N) is 2. The average Bonchev–Trinajstić information content (AvgIpc) is 2.56. The molecule has 1 aromatic carbocycles. The van der Waals surface area contributed by atoms with Crippen LogP contribution >= 0.6 is 0 Å². The molecule has 2 heterocycles. The molecule has 2 saturated heterocycles. The lowest BCUT2D eigenvalue weighted by molar-refractivity contribution is -0.138. The highest BCUT2D eigenvalue weighted by Gasteiger charge is 2.36. The second-order valence-electron chi connectivity index (χ2n) is 7.08. The van der Waals surface area contributed by atoms with Gasteiger partial charge in [0.15, 0.2) is 0 Å². The molecule has 0 spiro atoms. The molecule has 2 aliphatic heterocycles. The Labute approximate surface area is 145 Å². The van der Waals surface area contributed by atoms with E-state index in [0.29, 0.717) is 25.9 Å². The predicted molar refractivity (Wildman–Crippen MR) is 87.9 cm³/mol. The Morgan fingerprint density at radius 2 is 1.68 bits per heavy atom. The lowest BCUT2D eigenvalue weighted by Gasteiger charge is -2.44. The molecule has 140 valence electrons. The lowest BCUT2D eigenvalue weighted by atomic mass is 9.96. The Bertz CT molecular complexity index is 574. The molecular formula is C18H25F3N2O2. The Morgan fingerprint density at radius 1 is 1.00 bits per heavy atom. The summed E-state index contributed by atoms with van der Waals surface area (Å²) in [4.78, 5) is 4.10. The molecule has 0 amide bonds. The average molecular weight is 358 g/mol. The number of β-amino-alcohol motifs (C(OH)–C–C–N with tert-alkyl or cyclic N) is 1. The maximum Gasteiger partial charge on any atom is 0.416 e. The zero-order valence-corrected chi connectivity index (χ0v) is 14.1. The van der Waals surface area contributed by atoms with Crippen molar-refractivity contribution in [3.8, 4) is 0 Å². The van der Waals surface area contributed by atoms with E-state index in [-0.39, 0.29) is 24.3 Å². The van der Waals surface area contributed by atoms with E-state index in [9.17, 15) is 23.4 Å². The van der Waals surface area contributed by atoms with Crippen LogP contribution in [0.5, 0.6) is 0 Å². The van der Waals surface area contributed by atoms with Crippen LogP contribution in [-0.4, -0.2) is 64.4 Å². The van der Waals surface area contributed by atoms with E-state index in [1.54, 1.807) is 6.07 Å². The number of hydrogen-bond acceptors (Lipinski definition) is 4. The monoisotopic (exact) mass is 358 g/mol. The van der Waals surface area contributed by atoms with Gasteiger partial charge >= 0.3 is 6.18 Å². The number of halogens is 3. The van der Waals surface area contributed by atoms with Gasteiger partial charge in [-0.1, -0.05) is 18.2 Å². The van der Waals surface area contributed by atoms with Gasteiger partial charge in [-0.15, -0.1) is 0 Å². The molecule has 7 heteroatoms. The second-order valence-corrected chi connectivity index (χ2v) is 7.08. The molecular weight excluding hydrogens is 333 g/mol. The van der Waals surface area contributed by atoms with Crippen LogP contribution in [0, 0.1) is 0 Å². The summed E-state index contributed by atoms with van der Waals surface area (Å²) in [6.45, 7) is 2.75. The fourth-order valence-corrected chi connectivity index (χ4v) is 3.95. The summed E-state index contributed by atoms with van der Waals surface area (Å²) >= 11 is 0. The lowest BCUT2D eigenvalue weighted by Crippen LogP contribution is -2.56. The van der Waals surface area contributed by atoms with E-state index in [1.807, 2.05) is 4.90 Å². The number of aliphatic hydroxyl groups is 2. The molecule has 25 heavy (non-hydrogen) atoms. The minimum absolute atomic E-state index is 0.0293. The van der Waals surface area contributed by atoms with Gasteiger partial charge in [0.2, 0.25) is 0 Å². The molecule has 0 aliphatic carbocycles. The summed E-state index contributed by atoms with van der Waals surface area (Å²) in [6, 6.07) is 5.66. The summed E-state index contributed by atoms with van der Waals surface area (Å²) in [6.07, 6.45) is -3.04. The molecule has 2 fully saturated rings. The van der Waals surface area contributed by atoms with Gasteiger partial charge in [-0.2, -0.15) is 13.2 Å². The molecule has 3 rings (SSSR count). The van der Waals surface area contributed by atoms with E-state index in [1.165, 1.54) is 12.1 Å². The summed E-state index contributed by atoms with van der Waals surface area (Å²) < 4.78 is 39.4. The molecule has 0 radical (unpaired) electrons. The molecule has 2 atom stereocenters. The Morgan fingerprint density at radius 3 is 2.32 bits per heavy atom. The van der Waals surface area contributed by atoms with Crippen LogP contribution in [0.2, 0.25) is 0 Å². The second kappa shape index (κ2) is 7.61. The number of piperidine rings is 2. The van der Waals surface area contributed by atoms with E-state index < -0.39 is 17.8 Å². The minimum Gasteiger partial charge on any atom is -0.393 e. The number of aliphatic hydroxyl groups excluding tert-OH is 2. The fraction of sp³-hybridized carbons (Fsp3) is 0.667. The maximum atomic E-state index is 13.1. The maximum absolute atomic E-state index is 13.1. The molecule has 1 aromatic rings. The Balaban J connectivity index is 1.61. The van der Waals surface area contributed by atoms with Crippen molar-refractivity contribution in [1.82, 2.24) is 9.80 Å². The first-order valence-corrected chi connectivity index (χ1v) is 8.82. The highest BCUT2D eigenvalue weighted by atomic mass is 19.4. The molecule has 4 nitrogen and oxygen atoms in total. The van der Waals surface area contributed by atoms with Crippen LogP contribution in [0.25, 0.3) is 0 Å². The van der Waals surface area contributed by atoms with Crippen LogP contribution in [0.4, 0.5) is 13.2 Å². The van der Waals surface area contributed by atoms with Gasteiger partial charge in [0.25, 0.3) is 0 Å². The first-order chi connectivity index (χ1) is 11.8. The summed E-state index contributed by atoms with van der Waals surface area (Å²) in [7, 11) is 0.